The van der Waals surface area contributed by atoms with Gasteiger partial charge in [0.1, 0.15) is 17.6 Å². The Kier molecular flexibility index (Phi) is 3.91. The Bertz CT molecular complexity index is 669. The number of rotatable bonds is 2. The van der Waals surface area contributed by atoms with Gasteiger partial charge in [-0.05, 0) is 48.4 Å². The third-order valence-corrected chi connectivity index (χ3v) is 4.32. The van der Waals surface area contributed by atoms with Gasteiger partial charge in [-0.15, -0.1) is 0 Å². The molecule has 0 saturated carbocycles. The van der Waals surface area contributed by atoms with Crippen molar-refractivity contribution in [2.45, 2.75) is 25.6 Å². The van der Waals surface area contributed by atoms with E-state index in [2.05, 4.69) is 22.0 Å². The zero-order chi connectivity index (χ0) is 15.0. The molecule has 0 saturated heterocycles. The number of aryl methyl sites for hydroxylation is 1. The topological polar surface area (TPSA) is 38.7 Å². The highest BCUT2D eigenvalue weighted by molar-refractivity contribution is 9.10. The van der Waals surface area contributed by atoms with Crippen LogP contribution < -0.4 is 9.47 Å². The molecule has 3 nitrogen and oxygen atoms in total. The van der Waals surface area contributed by atoms with Crippen molar-refractivity contribution in [2.24, 2.45) is 0 Å². The molecule has 4 heteroatoms. The Balaban J connectivity index is 1.92. The van der Waals surface area contributed by atoms with Crippen molar-refractivity contribution in [3.05, 3.63) is 57.6 Å². The molecule has 1 N–H and O–H groups in total. The van der Waals surface area contributed by atoms with Gasteiger partial charge in [-0.1, -0.05) is 22.0 Å². The number of hydrogen-bond donors (Lipinski definition) is 1. The highest BCUT2D eigenvalue weighted by Gasteiger charge is 2.28. The summed E-state index contributed by atoms with van der Waals surface area (Å²) in [6, 6.07) is 11.7. The number of fused-ring (bicyclic) bond motifs is 1. The quantitative estimate of drug-likeness (QED) is 0.877. The van der Waals surface area contributed by atoms with Crippen LogP contribution in [0.4, 0.5) is 0 Å². The molecule has 0 aliphatic carbocycles. The van der Waals surface area contributed by atoms with Crippen molar-refractivity contribution in [1.82, 2.24) is 0 Å². The predicted octanol–water partition coefficient (Wildman–Crippen LogP) is 4.32. The van der Waals surface area contributed by atoms with Crippen molar-refractivity contribution in [3.63, 3.8) is 0 Å². The second-order valence-electron chi connectivity index (χ2n) is 5.27. The molecular weight excluding hydrogens is 332 g/mol. The van der Waals surface area contributed by atoms with Crippen LogP contribution in [0, 0.1) is 6.92 Å². The van der Waals surface area contributed by atoms with Gasteiger partial charge in [-0.2, -0.15) is 0 Å². The van der Waals surface area contributed by atoms with Gasteiger partial charge in [0.15, 0.2) is 0 Å². The van der Waals surface area contributed by atoms with E-state index in [9.17, 15) is 5.11 Å². The number of hydrogen-bond acceptors (Lipinski definition) is 3. The monoisotopic (exact) mass is 348 g/mol. The Hall–Kier alpha value is -1.52. The molecule has 0 radical (unpaired) electrons. The van der Waals surface area contributed by atoms with Crippen LogP contribution >= 0.6 is 15.9 Å². The van der Waals surface area contributed by atoms with Crippen LogP contribution in [0.1, 0.15) is 35.3 Å². The lowest BCUT2D eigenvalue weighted by Gasteiger charge is -2.30. The first kappa shape index (κ1) is 14.4. The van der Waals surface area contributed by atoms with Crippen LogP contribution in [0.15, 0.2) is 40.9 Å². The van der Waals surface area contributed by atoms with Crippen LogP contribution in [0.25, 0.3) is 0 Å². The molecule has 1 unspecified atom stereocenters. The van der Waals surface area contributed by atoms with Crippen molar-refractivity contribution < 1.29 is 14.6 Å². The lowest BCUT2D eigenvalue weighted by molar-refractivity contribution is 0.0656. The molecule has 2 atom stereocenters. The maximum atomic E-state index is 10.4. The standard InChI is InChI=1S/C17H17BrO3/c1-10-7-11(3-5-15(10)20-2)17-9-14(19)13-8-12(18)4-6-16(13)21-17/h3-8,14,17,19H,9H2,1-2H3/t14-,17?/m0/s1. The third-order valence-electron chi connectivity index (χ3n) is 3.83. The van der Waals surface area contributed by atoms with E-state index in [1.807, 2.05) is 37.3 Å². The lowest BCUT2D eigenvalue weighted by Crippen LogP contribution is -2.19. The van der Waals surface area contributed by atoms with Gasteiger partial charge in [0, 0.05) is 16.5 Å². The highest BCUT2D eigenvalue weighted by Crippen LogP contribution is 2.42. The normalized spacial score (nSPS) is 20.6. The van der Waals surface area contributed by atoms with Crippen molar-refractivity contribution >= 4 is 15.9 Å². The predicted molar refractivity (Wildman–Crippen MR) is 84.8 cm³/mol. The van der Waals surface area contributed by atoms with Gasteiger partial charge in [0.25, 0.3) is 0 Å². The molecule has 110 valence electrons. The molecule has 0 aromatic heterocycles. The van der Waals surface area contributed by atoms with Gasteiger partial charge in [0.05, 0.1) is 13.2 Å². The smallest absolute Gasteiger partial charge is 0.127 e. The minimum Gasteiger partial charge on any atom is -0.496 e. The molecule has 2 aromatic carbocycles. The largest absolute Gasteiger partial charge is 0.496 e. The SMILES string of the molecule is COc1ccc(C2C[C@H](O)c3cc(Br)ccc3O2)cc1C. The van der Waals surface area contributed by atoms with Gasteiger partial charge in [0.2, 0.25) is 0 Å². The summed E-state index contributed by atoms with van der Waals surface area (Å²) < 4.78 is 12.3. The molecule has 1 heterocycles. The molecule has 1 aliphatic heterocycles. The van der Waals surface area contributed by atoms with E-state index < -0.39 is 6.10 Å². The molecule has 0 fully saturated rings. The zero-order valence-electron chi connectivity index (χ0n) is 12.0. The van der Waals surface area contributed by atoms with Crippen molar-refractivity contribution in [2.75, 3.05) is 7.11 Å². The van der Waals surface area contributed by atoms with Crippen molar-refractivity contribution in [1.29, 1.82) is 0 Å². The van der Waals surface area contributed by atoms with Crippen LogP contribution in [-0.2, 0) is 0 Å². The number of ether oxygens (including phenoxy) is 2. The first-order chi connectivity index (χ1) is 10.1. The van der Waals surface area contributed by atoms with E-state index in [0.717, 1.165) is 32.7 Å². The molecule has 0 bridgehead atoms. The number of benzene rings is 2. The zero-order valence-corrected chi connectivity index (χ0v) is 13.6. The maximum absolute atomic E-state index is 10.4. The van der Waals surface area contributed by atoms with E-state index in [1.54, 1.807) is 7.11 Å². The van der Waals surface area contributed by atoms with Crippen molar-refractivity contribution in [3.8, 4) is 11.5 Å². The van der Waals surface area contributed by atoms with Gasteiger partial charge in [-0.3, -0.25) is 0 Å². The van der Waals surface area contributed by atoms with E-state index in [1.165, 1.54) is 0 Å². The first-order valence-electron chi connectivity index (χ1n) is 6.87. The fourth-order valence-electron chi connectivity index (χ4n) is 2.72. The van der Waals surface area contributed by atoms with Crippen LogP contribution in [-0.4, -0.2) is 12.2 Å². The number of methoxy groups -OCH3 is 1. The first-order valence-corrected chi connectivity index (χ1v) is 7.66. The van der Waals surface area contributed by atoms with Gasteiger partial charge in [-0.25, -0.2) is 0 Å². The Morgan fingerprint density at radius 3 is 2.76 bits per heavy atom. The summed E-state index contributed by atoms with van der Waals surface area (Å²) in [6.45, 7) is 2.01. The molecule has 2 aromatic rings. The minimum absolute atomic E-state index is 0.140. The van der Waals surface area contributed by atoms with Crippen LogP contribution in [0.2, 0.25) is 0 Å². The van der Waals surface area contributed by atoms with Gasteiger partial charge >= 0.3 is 0 Å². The second-order valence-corrected chi connectivity index (χ2v) is 6.18. The van der Waals surface area contributed by atoms with E-state index in [0.29, 0.717) is 6.42 Å². The Labute approximate surface area is 132 Å². The highest BCUT2D eigenvalue weighted by atomic mass is 79.9. The summed E-state index contributed by atoms with van der Waals surface area (Å²) in [4.78, 5) is 0. The lowest BCUT2D eigenvalue weighted by atomic mass is 9.94. The summed E-state index contributed by atoms with van der Waals surface area (Å²) >= 11 is 3.42. The summed E-state index contributed by atoms with van der Waals surface area (Å²) in [7, 11) is 1.66. The third kappa shape index (κ3) is 2.78. The summed E-state index contributed by atoms with van der Waals surface area (Å²) in [5, 5.41) is 10.4. The van der Waals surface area contributed by atoms with Crippen LogP contribution in [0.5, 0.6) is 11.5 Å². The number of halogens is 1. The van der Waals surface area contributed by atoms with E-state index >= 15 is 0 Å². The summed E-state index contributed by atoms with van der Waals surface area (Å²) in [5.41, 5.74) is 2.96. The number of aliphatic hydroxyl groups excluding tert-OH is 1. The average molecular weight is 349 g/mol. The fraction of sp³-hybridized carbons (Fsp3) is 0.294. The Morgan fingerprint density at radius 1 is 1.24 bits per heavy atom. The fourth-order valence-corrected chi connectivity index (χ4v) is 3.10. The molecular formula is C17H17BrO3. The summed E-state index contributed by atoms with van der Waals surface area (Å²) in [5.74, 6) is 1.61. The number of aliphatic hydroxyl groups is 1. The molecule has 21 heavy (non-hydrogen) atoms. The second kappa shape index (κ2) is 5.70. The van der Waals surface area contributed by atoms with Crippen LogP contribution in [0.3, 0.4) is 0 Å². The average Bonchev–Trinajstić information content (AvgIpc) is 2.47. The van der Waals surface area contributed by atoms with Gasteiger partial charge < -0.3 is 14.6 Å². The minimum atomic E-state index is -0.515. The van der Waals surface area contributed by atoms with E-state index in [-0.39, 0.29) is 6.10 Å². The molecule has 1 aliphatic rings. The molecule has 0 amide bonds. The van der Waals surface area contributed by atoms with E-state index in [4.69, 9.17) is 9.47 Å². The Morgan fingerprint density at radius 2 is 2.05 bits per heavy atom. The molecule has 3 rings (SSSR count). The summed E-state index contributed by atoms with van der Waals surface area (Å²) in [6.07, 6.45) is -0.105. The molecule has 0 spiro atoms. The maximum Gasteiger partial charge on any atom is 0.127 e.